The SMILES string of the molecule is CC(=O)CC(C)CC(O)CCCCCCCCO. The molecule has 0 aliphatic carbocycles. The lowest BCUT2D eigenvalue weighted by Crippen LogP contribution is -2.13. The van der Waals surface area contributed by atoms with Crippen LogP contribution in [0.15, 0.2) is 0 Å². The van der Waals surface area contributed by atoms with E-state index in [1.807, 2.05) is 6.92 Å². The Kier molecular flexibility index (Phi) is 11.4. The molecule has 0 aromatic rings. The van der Waals surface area contributed by atoms with Gasteiger partial charge < -0.3 is 15.0 Å². The zero-order chi connectivity index (χ0) is 13.8. The molecular formula is C15H30O3. The number of Topliss-reactive ketones (excluding diaryl/α,β-unsaturated/α-hetero) is 1. The molecule has 0 aromatic heterocycles. The minimum Gasteiger partial charge on any atom is -0.396 e. The van der Waals surface area contributed by atoms with Crippen LogP contribution in [0, 0.1) is 5.92 Å². The van der Waals surface area contributed by atoms with Crippen LogP contribution in [0.3, 0.4) is 0 Å². The maximum absolute atomic E-state index is 10.9. The molecule has 18 heavy (non-hydrogen) atoms. The molecule has 0 saturated carbocycles. The van der Waals surface area contributed by atoms with Crippen LogP contribution in [0.2, 0.25) is 0 Å². The molecule has 0 saturated heterocycles. The molecule has 0 heterocycles. The Morgan fingerprint density at radius 3 is 2.17 bits per heavy atom. The van der Waals surface area contributed by atoms with E-state index < -0.39 is 0 Å². The fourth-order valence-electron chi connectivity index (χ4n) is 2.36. The van der Waals surface area contributed by atoms with Gasteiger partial charge in [0, 0.05) is 13.0 Å². The average Bonchev–Trinajstić information content (AvgIpc) is 2.26. The van der Waals surface area contributed by atoms with Crippen molar-refractivity contribution in [1.29, 1.82) is 0 Å². The summed E-state index contributed by atoms with van der Waals surface area (Å²) in [6.45, 7) is 3.93. The van der Waals surface area contributed by atoms with Crippen molar-refractivity contribution in [3.63, 3.8) is 0 Å². The monoisotopic (exact) mass is 258 g/mol. The Hall–Kier alpha value is -0.410. The van der Waals surface area contributed by atoms with Gasteiger partial charge in [0.25, 0.3) is 0 Å². The topological polar surface area (TPSA) is 57.5 Å². The third-order valence-electron chi connectivity index (χ3n) is 3.26. The van der Waals surface area contributed by atoms with Crippen LogP contribution in [-0.4, -0.2) is 28.7 Å². The molecule has 0 aliphatic rings. The van der Waals surface area contributed by atoms with Crippen molar-refractivity contribution in [2.24, 2.45) is 5.92 Å². The highest BCUT2D eigenvalue weighted by Gasteiger charge is 2.11. The van der Waals surface area contributed by atoms with E-state index in [-0.39, 0.29) is 11.9 Å². The normalized spacial score (nSPS) is 14.4. The van der Waals surface area contributed by atoms with Crippen molar-refractivity contribution in [3.05, 3.63) is 0 Å². The van der Waals surface area contributed by atoms with E-state index in [1.54, 1.807) is 6.92 Å². The molecule has 2 atom stereocenters. The summed E-state index contributed by atoms with van der Waals surface area (Å²) >= 11 is 0. The van der Waals surface area contributed by atoms with Crippen LogP contribution in [0.5, 0.6) is 0 Å². The van der Waals surface area contributed by atoms with Crippen LogP contribution in [0.4, 0.5) is 0 Å². The first-order valence-corrected chi connectivity index (χ1v) is 7.34. The van der Waals surface area contributed by atoms with Crippen molar-refractivity contribution < 1.29 is 15.0 Å². The summed E-state index contributed by atoms with van der Waals surface area (Å²) in [6, 6.07) is 0. The van der Waals surface area contributed by atoms with E-state index in [0.717, 1.165) is 38.5 Å². The molecule has 0 bridgehead atoms. The molecule has 3 nitrogen and oxygen atoms in total. The average molecular weight is 258 g/mol. The molecule has 2 unspecified atom stereocenters. The number of aliphatic hydroxyl groups is 2. The zero-order valence-corrected chi connectivity index (χ0v) is 12.0. The second-order valence-electron chi connectivity index (χ2n) is 5.53. The van der Waals surface area contributed by atoms with Crippen molar-refractivity contribution in [3.8, 4) is 0 Å². The highest BCUT2D eigenvalue weighted by atomic mass is 16.3. The van der Waals surface area contributed by atoms with Crippen molar-refractivity contribution in [2.45, 2.75) is 77.7 Å². The van der Waals surface area contributed by atoms with Gasteiger partial charge in [0.1, 0.15) is 5.78 Å². The molecule has 0 aromatic carbocycles. The molecule has 0 fully saturated rings. The summed E-state index contributed by atoms with van der Waals surface area (Å²) in [5.74, 6) is 0.501. The van der Waals surface area contributed by atoms with Crippen LogP contribution >= 0.6 is 0 Å². The van der Waals surface area contributed by atoms with E-state index in [4.69, 9.17) is 5.11 Å². The predicted molar refractivity (Wildman–Crippen MR) is 74.5 cm³/mol. The lowest BCUT2D eigenvalue weighted by molar-refractivity contribution is -0.117. The van der Waals surface area contributed by atoms with E-state index in [2.05, 4.69) is 0 Å². The molecule has 0 amide bonds. The number of carbonyl (C=O) groups is 1. The number of aliphatic hydroxyl groups excluding tert-OH is 2. The highest BCUT2D eigenvalue weighted by Crippen LogP contribution is 2.16. The standard InChI is InChI=1S/C15H30O3/c1-13(11-14(2)17)12-15(18)9-7-5-3-4-6-8-10-16/h13,15-16,18H,3-12H2,1-2H3. The Bertz CT molecular complexity index is 204. The third-order valence-corrected chi connectivity index (χ3v) is 3.26. The molecule has 0 spiro atoms. The third kappa shape index (κ3) is 12.1. The van der Waals surface area contributed by atoms with Gasteiger partial charge in [-0.3, -0.25) is 0 Å². The molecule has 3 heteroatoms. The lowest BCUT2D eigenvalue weighted by Gasteiger charge is -2.15. The van der Waals surface area contributed by atoms with Crippen LogP contribution < -0.4 is 0 Å². The van der Waals surface area contributed by atoms with Gasteiger partial charge in [-0.15, -0.1) is 0 Å². The van der Waals surface area contributed by atoms with Gasteiger partial charge in [-0.25, -0.2) is 0 Å². The van der Waals surface area contributed by atoms with Gasteiger partial charge in [0.15, 0.2) is 0 Å². The largest absolute Gasteiger partial charge is 0.396 e. The molecule has 0 radical (unpaired) electrons. The second kappa shape index (κ2) is 11.7. The number of unbranched alkanes of at least 4 members (excludes halogenated alkanes) is 5. The second-order valence-corrected chi connectivity index (χ2v) is 5.53. The van der Waals surface area contributed by atoms with E-state index >= 15 is 0 Å². The predicted octanol–water partition coefficient (Wildman–Crippen LogP) is 3.08. The number of ketones is 1. The summed E-state index contributed by atoms with van der Waals surface area (Å²) in [7, 11) is 0. The van der Waals surface area contributed by atoms with Crippen molar-refractivity contribution in [1.82, 2.24) is 0 Å². The first-order chi connectivity index (χ1) is 8.56. The van der Waals surface area contributed by atoms with Gasteiger partial charge in [-0.2, -0.15) is 0 Å². The first kappa shape index (κ1) is 17.6. The fraction of sp³-hybridized carbons (Fsp3) is 0.933. The Morgan fingerprint density at radius 1 is 1.06 bits per heavy atom. The summed E-state index contributed by atoms with van der Waals surface area (Å²) in [5, 5.41) is 18.5. The highest BCUT2D eigenvalue weighted by molar-refractivity contribution is 5.75. The van der Waals surface area contributed by atoms with Gasteiger partial charge in [-0.05, 0) is 32.1 Å². The first-order valence-electron chi connectivity index (χ1n) is 7.34. The van der Waals surface area contributed by atoms with Crippen molar-refractivity contribution >= 4 is 5.78 Å². The quantitative estimate of drug-likeness (QED) is 0.529. The smallest absolute Gasteiger partial charge is 0.130 e. The summed E-state index contributed by atoms with van der Waals surface area (Å²) < 4.78 is 0. The summed E-state index contributed by atoms with van der Waals surface area (Å²) in [4.78, 5) is 10.9. The Morgan fingerprint density at radius 2 is 1.61 bits per heavy atom. The number of hydrogen-bond acceptors (Lipinski definition) is 3. The maximum Gasteiger partial charge on any atom is 0.130 e. The van der Waals surface area contributed by atoms with E-state index in [9.17, 15) is 9.90 Å². The molecular weight excluding hydrogens is 228 g/mol. The van der Waals surface area contributed by atoms with E-state index in [0.29, 0.717) is 18.9 Å². The van der Waals surface area contributed by atoms with Gasteiger partial charge >= 0.3 is 0 Å². The number of hydrogen-bond donors (Lipinski definition) is 2. The van der Waals surface area contributed by atoms with Gasteiger partial charge in [-0.1, -0.05) is 39.0 Å². The molecule has 0 aliphatic heterocycles. The Balaban J connectivity index is 3.36. The minimum atomic E-state index is -0.253. The maximum atomic E-state index is 10.9. The lowest BCUT2D eigenvalue weighted by atomic mass is 9.95. The van der Waals surface area contributed by atoms with Crippen molar-refractivity contribution in [2.75, 3.05) is 6.61 Å². The number of carbonyl (C=O) groups excluding carboxylic acids is 1. The van der Waals surface area contributed by atoms with Gasteiger partial charge in [0.2, 0.25) is 0 Å². The summed E-state index contributed by atoms with van der Waals surface area (Å²) in [5.41, 5.74) is 0. The Labute approximate surface area is 112 Å². The van der Waals surface area contributed by atoms with Crippen LogP contribution in [0.1, 0.15) is 71.6 Å². The van der Waals surface area contributed by atoms with E-state index in [1.165, 1.54) is 12.8 Å². The van der Waals surface area contributed by atoms with Crippen LogP contribution in [-0.2, 0) is 4.79 Å². The molecule has 108 valence electrons. The van der Waals surface area contributed by atoms with Crippen LogP contribution in [0.25, 0.3) is 0 Å². The summed E-state index contributed by atoms with van der Waals surface area (Å²) in [6.07, 6.45) is 8.52. The molecule has 2 N–H and O–H groups in total. The number of rotatable bonds is 12. The fourth-order valence-corrected chi connectivity index (χ4v) is 2.36. The van der Waals surface area contributed by atoms with Gasteiger partial charge in [0.05, 0.1) is 6.10 Å². The zero-order valence-electron chi connectivity index (χ0n) is 12.0. The molecule has 0 rings (SSSR count). The minimum absolute atomic E-state index is 0.207.